The zero-order chi connectivity index (χ0) is 11.3. The van der Waals surface area contributed by atoms with Crippen molar-refractivity contribution < 1.29 is 4.79 Å². The van der Waals surface area contributed by atoms with Gasteiger partial charge in [-0.1, -0.05) is 0 Å². The van der Waals surface area contributed by atoms with Gasteiger partial charge in [-0.25, -0.2) is 0 Å². The Labute approximate surface area is 97.4 Å². The Kier molecular flexibility index (Phi) is 2.46. The fourth-order valence-electron chi connectivity index (χ4n) is 4.18. The van der Waals surface area contributed by atoms with E-state index in [1.807, 2.05) is 13.8 Å². The predicted molar refractivity (Wildman–Crippen MR) is 62.9 cm³/mol. The Bertz CT molecular complexity index is 286. The first-order chi connectivity index (χ1) is 7.66. The maximum Gasteiger partial charge on any atom is 0.234 e. The van der Waals surface area contributed by atoms with Crippen LogP contribution in [0.4, 0.5) is 0 Å². The third-order valence-electron chi connectivity index (χ3n) is 4.68. The molecule has 16 heavy (non-hydrogen) atoms. The highest BCUT2D eigenvalue weighted by Gasteiger charge is 2.64. The van der Waals surface area contributed by atoms with Gasteiger partial charge in [-0.15, -0.1) is 0 Å². The number of nitrogens with one attached hydrogen (secondary N) is 2. The fraction of sp³-hybridized carbons (Fsp3) is 0.923. The van der Waals surface area contributed by atoms with Crippen LogP contribution in [0.1, 0.15) is 33.1 Å². The molecule has 3 saturated carbocycles. The van der Waals surface area contributed by atoms with Crippen LogP contribution in [0.15, 0.2) is 0 Å². The van der Waals surface area contributed by atoms with Gasteiger partial charge in [0.25, 0.3) is 0 Å². The largest absolute Gasteiger partial charge is 0.353 e. The molecule has 0 heterocycles. The van der Waals surface area contributed by atoms with Crippen LogP contribution in [-0.2, 0) is 4.79 Å². The molecule has 3 aliphatic carbocycles. The summed E-state index contributed by atoms with van der Waals surface area (Å²) in [6.07, 6.45) is 4.37. The van der Waals surface area contributed by atoms with E-state index in [2.05, 4.69) is 10.6 Å². The molecule has 3 heteroatoms. The number of carbonyl (C=O) groups is 1. The summed E-state index contributed by atoms with van der Waals surface area (Å²) in [7, 11) is 0. The van der Waals surface area contributed by atoms with Crippen molar-refractivity contribution in [3.8, 4) is 0 Å². The molecule has 1 amide bonds. The number of amides is 1. The van der Waals surface area contributed by atoms with Crippen molar-refractivity contribution in [2.45, 2.75) is 45.2 Å². The lowest BCUT2D eigenvalue weighted by Crippen LogP contribution is -2.39. The van der Waals surface area contributed by atoms with E-state index in [0.29, 0.717) is 12.6 Å². The van der Waals surface area contributed by atoms with Crippen LogP contribution < -0.4 is 10.6 Å². The summed E-state index contributed by atoms with van der Waals surface area (Å²) in [5, 5.41) is 6.38. The number of hydrogen-bond acceptors (Lipinski definition) is 2. The first-order valence-corrected chi connectivity index (χ1v) is 6.69. The minimum absolute atomic E-state index is 0.146. The molecular formula is C13H22N2O. The zero-order valence-corrected chi connectivity index (χ0v) is 10.2. The molecule has 0 saturated heterocycles. The number of carbonyl (C=O) groups excluding carboxylic acids is 1. The van der Waals surface area contributed by atoms with Crippen LogP contribution in [0.3, 0.4) is 0 Å². The summed E-state index contributed by atoms with van der Waals surface area (Å²) < 4.78 is 0. The molecule has 3 rings (SSSR count). The monoisotopic (exact) mass is 222 g/mol. The Hall–Kier alpha value is -0.570. The van der Waals surface area contributed by atoms with E-state index in [9.17, 15) is 4.79 Å². The van der Waals surface area contributed by atoms with E-state index in [1.54, 1.807) is 0 Å². The number of hydrogen-bond donors (Lipinski definition) is 2. The molecule has 2 bridgehead atoms. The lowest BCUT2D eigenvalue weighted by molar-refractivity contribution is -0.120. The third-order valence-corrected chi connectivity index (χ3v) is 4.68. The molecule has 90 valence electrons. The Morgan fingerprint density at radius 2 is 1.88 bits per heavy atom. The molecule has 0 radical (unpaired) electrons. The molecule has 2 N–H and O–H groups in total. The van der Waals surface area contributed by atoms with Gasteiger partial charge in [0.1, 0.15) is 0 Å². The third kappa shape index (κ3) is 1.65. The van der Waals surface area contributed by atoms with Crippen molar-refractivity contribution >= 4 is 5.91 Å². The van der Waals surface area contributed by atoms with Gasteiger partial charge in [0.2, 0.25) is 5.91 Å². The average Bonchev–Trinajstić information content (AvgIpc) is 2.62. The maximum atomic E-state index is 11.5. The molecule has 4 atom stereocenters. The lowest BCUT2D eigenvalue weighted by atomic mass is 10.0. The van der Waals surface area contributed by atoms with Gasteiger partial charge >= 0.3 is 0 Å². The predicted octanol–water partition coefficient (Wildman–Crippen LogP) is 1.15. The topological polar surface area (TPSA) is 41.1 Å². The van der Waals surface area contributed by atoms with Crippen LogP contribution >= 0.6 is 0 Å². The van der Waals surface area contributed by atoms with Crippen molar-refractivity contribution in [1.29, 1.82) is 0 Å². The highest BCUT2D eigenvalue weighted by molar-refractivity contribution is 5.78. The van der Waals surface area contributed by atoms with Crippen LogP contribution in [0.2, 0.25) is 0 Å². The van der Waals surface area contributed by atoms with Gasteiger partial charge < -0.3 is 10.6 Å². The lowest BCUT2D eigenvalue weighted by Gasteiger charge is -2.12. The van der Waals surface area contributed by atoms with Gasteiger partial charge in [-0.3, -0.25) is 4.79 Å². The Balaban J connectivity index is 1.44. The highest BCUT2D eigenvalue weighted by Crippen LogP contribution is 2.65. The van der Waals surface area contributed by atoms with E-state index < -0.39 is 0 Å². The van der Waals surface area contributed by atoms with Gasteiger partial charge in [0.05, 0.1) is 6.54 Å². The van der Waals surface area contributed by atoms with Gasteiger partial charge in [0.15, 0.2) is 0 Å². The van der Waals surface area contributed by atoms with E-state index in [1.165, 1.54) is 19.3 Å². The van der Waals surface area contributed by atoms with E-state index in [0.717, 1.165) is 23.7 Å². The Morgan fingerprint density at radius 1 is 1.25 bits per heavy atom. The Morgan fingerprint density at radius 3 is 2.44 bits per heavy atom. The van der Waals surface area contributed by atoms with Crippen molar-refractivity contribution in [2.75, 3.05) is 6.54 Å². The second-order valence-electron chi connectivity index (χ2n) is 6.12. The summed E-state index contributed by atoms with van der Waals surface area (Å²) >= 11 is 0. The minimum Gasteiger partial charge on any atom is -0.353 e. The fourth-order valence-corrected chi connectivity index (χ4v) is 4.18. The minimum atomic E-state index is 0.146. The normalized spacial score (nSPS) is 43.6. The van der Waals surface area contributed by atoms with Gasteiger partial charge in [-0.2, -0.15) is 0 Å². The number of rotatable bonds is 4. The van der Waals surface area contributed by atoms with Gasteiger partial charge in [0, 0.05) is 12.1 Å². The van der Waals surface area contributed by atoms with Crippen molar-refractivity contribution in [3.63, 3.8) is 0 Å². The van der Waals surface area contributed by atoms with Crippen molar-refractivity contribution in [3.05, 3.63) is 0 Å². The molecule has 0 spiro atoms. The quantitative estimate of drug-likeness (QED) is 0.749. The summed E-state index contributed by atoms with van der Waals surface area (Å²) in [5.74, 6) is 3.96. The SMILES string of the molecule is CC(C)NC(=O)CNC1C2C3CCC(C3)C12. The molecule has 3 fully saturated rings. The molecule has 0 aliphatic heterocycles. The van der Waals surface area contributed by atoms with E-state index in [-0.39, 0.29) is 11.9 Å². The molecule has 4 unspecified atom stereocenters. The molecule has 0 aromatic carbocycles. The molecular weight excluding hydrogens is 200 g/mol. The molecule has 0 aromatic heterocycles. The van der Waals surface area contributed by atoms with Crippen LogP contribution in [-0.4, -0.2) is 24.5 Å². The van der Waals surface area contributed by atoms with Gasteiger partial charge in [-0.05, 0) is 56.8 Å². The summed E-state index contributed by atoms with van der Waals surface area (Å²) in [4.78, 5) is 11.5. The second-order valence-corrected chi connectivity index (χ2v) is 6.12. The summed E-state index contributed by atoms with van der Waals surface area (Å²) in [5.41, 5.74) is 0. The summed E-state index contributed by atoms with van der Waals surface area (Å²) in [6.45, 7) is 4.52. The number of fused-ring (bicyclic) bond motifs is 5. The molecule has 0 aromatic rings. The van der Waals surface area contributed by atoms with Crippen molar-refractivity contribution in [1.82, 2.24) is 10.6 Å². The smallest absolute Gasteiger partial charge is 0.234 e. The average molecular weight is 222 g/mol. The first kappa shape index (κ1) is 10.6. The summed E-state index contributed by atoms with van der Waals surface area (Å²) in [6, 6.07) is 0.924. The van der Waals surface area contributed by atoms with Crippen LogP contribution in [0, 0.1) is 23.7 Å². The van der Waals surface area contributed by atoms with E-state index in [4.69, 9.17) is 0 Å². The zero-order valence-electron chi connectivity index (χ0n) is 10.2. The second kappa shape index (κ2) is 3.73. The van der Waals surface area contributed by atoms with Crippen LogP contribution in [0.5, 0.6) is 0 Å². The maximum absolute atomic E-state index is 11.5. The van der Waals surface area contributed by atoms with Crippen molar-refractivity contribution in [2.24, 2.45) is 23.7 Å². The highest BCUT2D eigenvalue weighted by atomic mass is 16.1. The van der Waals surface area contributed by atoms with E-state index >= 15 is 0 Å². The molecule has 3 aliphatic rings. The van der Waals surface area contributed by atoms with Crippen LogP contribution in [0.25, 0.3) is 0 Å². The molecule has 3 nitrogen and oxygen atoms in total. The first-order valence-electron chi connectivity index (χ1n) is 6.69. The standard InChI is InChI=1S/C13H22N2O/c1-7(2)15-10(16)6-14-13-11-8-3-4-9(5-8)12(11)13/h7-9,11-14H,3-6H2,1-2H3,(H,15,16).